The van der Waals surface area contributed by atoms with Crippen molar-refractivity contribution in [1.82, 2.24) is 0 Å². The average Bonchev–Trinajstić information content (AvgIpc) is 1.99. The van der Waals surface area contributed by atoms with E-state index in [1.165, 1.54) is 0 Å². The maximum Gasteiger partial charge on any atom is 0.0780 e. The molecular formula is C4H7Cl2N3O. The topological polar surface area (TPSA) is 69.0 Å². The van der Waals surface area contributed by atoms with Gasteiger partial charge in [0.05, 0.1) is 12.1 Å². The van der Waals surface area contributed by atoms with Crippen LogP contribution in [0.4, 0.5) is 0 Å². The average molecular weight is 184 g/mol. The number of halogens is 2. The minimum absolute atomic E-state index is 0.0242. The van der Waals surface area contributed by atoms with Crippen molar-refractivity contribution in [1.29, 1.82) is 0 Å². The van der Waals surface area contributed by atoms with Crippen LogP contribution in [0.2, 0.25) is 0 Å². The number of rotatable bonds is 4. The van der Waals surface area contributed by atoms with Gasteiger partial charge in [-0.05, 0) is 5.53 Å². The van der Waals surface area contributed by atoms with Crippen LogP contribution >= 0.6 is 23.2 Å². The molecule has 0 amide bonds. The summed E-state index contributed by atoms with van der Waals surface area (Å²) in [5.41, 5.74) is 7.96. The molecule has 0 unspecified atom stereocenters. The minimum atomic E-state index is -0.852. The number of hydrogen-bond acceptors (Lipinski definition) is 2. The Morgan fingerprint density at radius 3 is 2.40 bits per heavy atom. The van der Waals surface area contributed by atoms with E-state index in [0.717, 1.165) is 0 Å². The van der Waals surface area contributed by atoms with Gasteiger partial charge in [-0.15, -0.1) is 23.2 Å². The lowest BCUT2D eigenvalue weighted by Gasteiger charge is -2.11. The van der Waals surface area contributed by atoms with Crippen LogP contribution in [0.3, 0.4) is 0 Å². The largest absolute Gasteiger partial charge is 0.391 e. The fraction of sp³-hybridized carbons (Fsp3) is 1.00. The second-order valence-corrected chi connectivity index (χ2v) is 2.27. The lowest BCUT2D eigenvalue weighted by Crippen LogP contribution is -2.26. The number of hydrogen-bond donors (Lipinski definition) is 1. The molecule has 0 spiro atoms. The van der Waals surface area contributed by atoms with E-state index >= 15 is 0 Å². The molecule has 0 saturated heterocycles. The van der Waals surface area contributed by atoms with Gasteiger partial charge in [0.25, 0.3) is 0 Å². The highest BCUT2D eigenvalue weighted by molar-refractivity contribution is 6.19. The highest BCUT2D eigenvalue weighted by Gasteiger charge is 2.14. The summed E-state index contributed by atoms with van der Waals surface area (Å²) in [5, 5.41) is 12.2. The van der Waals surface area contributed by atoms with E-state index < -0.39 is 12.1 Å². The lowest BCUT2D eigenvalue weighted by molar-refractivity contribution is 0.175. The molecule has 0 aliphatic carbocycles. The molecule has 0 aromatic rings. The van der Waals surface area contributed by atoms with Gasteiger partial charge in [-0.3, -0.25) is 0 Å². The molecule has 10 heavy (non-hydrogen) atoms. The van der Waals surface area contributed by atoms with E-state index in [4.69, 9.17) is 33.8 Å². The van der Waals surface area contributed by atoms with Crippen molar-refractivity contribution in [3.63, 3.8) is 0 Å². The second-order valence-electron chi connectivity index (χ2n) is 1.65. The van der Waals surface area contributed by atoms with Gasteiger partial charge < -0.3 is 5.11 Å². The van der Waals surface area contributed by atoms with Gasteiger partial charge in [0, 0.05) is 16.7 Å². The normalized spacial score (nSPS) is 15.5. The molecule has 1 N–H and O–H groups in total. The Morgan fingerprint density at radius 1 is 1.50 bits per heavy atom. The van der Waals surface area contributed by atoms with Gasteiger partial charge in [0.1, 0.15) is 0 Å². The molecule has 0 radical (unpaired) electrons. The highest BCUT2D eigenvalue weighted by Crippen LogP contribution is 2.03. The number of azide groups is 1. The maximum atomic E-state index is 8.97. The third-order valence-electron chi connectivity index (χ3n) is 0.960. The van der Waals surface area contributed by atoms with Crippen LogP contribution in [0.5, 0.6) is 0 Å². The molecule has 0 heterocycles. The second kappa shape index (κ2) is 5.62. The Morgan fingerprint density at radius 2 is 2.10 bits per heavy atom. The maximum absolute atomic E-state index is 8.97. The zero-order valence-corrected chi connectivity index (χ0v) is 6.63. The van der Waals surface area contributed by atoms with Crippen molar-refractivity contribution in [3.8, 4) is 0 Å². The molecule has 0 aliphatic heterocycles. The van der Waals surface area contributed by atoms with Crippen molar-refractivity contribution in [2.45, 2.75) is 12.1 Å². The van der Waals surface area contributed by atoms with Crippen molar-refractivity contribution in [3.05, 3.63) is 10.4 Å². The Labute approximate surface area is 68.4 Å². The van der Waals surface area contributed by atoms with Gasteiger partial charge in [0.15, 0.2) is 0 Å². The van der Waals surface area contributed by atoms with E-state index in [-0.39, 0.29) is 11.8 Å². The molecule has 0 rings (SSSR count). The molecule has 0 aromatic carbocycles. The molecule has 6 heteroatoms. The quantitative estimate of drug-likeness (QED) is 0.306. The first kappa shape index (κ1) is 9.85. The third kappa shape index (κ3) is 3.13. The summed E-state index contributed by atoms with van der Waals surface area (Å²) in [4.78, 5) is 2.50. The summed E-state index contributed by atoms with van der Waals surface area (Å²) < 4.78 is 0. The fourth-order valence-corrected chi connectivity index (χ4v) is 0.853. The van der Waals surface area contributed by atoms with E-state index in [1.807, 2.05) is 0 Å². The van der Waals surface area contributed by atoms with Crippen molar-refractivity contribution in [2.24, 2.45) is 5.11 Å². The first-order chi connectivity index (χ1) is 4.76. The van der Waals surface area contributed by atoms with Gasteiger partial charge in [-0.2, -0.15) is 0 Å². The minimum Gasteiger partial charge on any atom is -0.391 e. The van der Waals surface area contributed by atoms with Crippen LogP contribution in [-0.4, -0.2) is 29.0 Å². The number of nitrogens with zero attached hydrogens (tertiary/aromatic N) is 3. The third-order valence-corrected chi connectivity index (χ3v) is 1.59. The SMILES string of the molecule is [N-]=[N+]=N[C@@H](CCl)[C@H](O)CCl. The van der Waals surface area contributed by atoms with Gasteiger partial charge in [-0.25, -0.2) is 0 Å². The first-order valence-electron chi connectivity index (χ1n) is 2.60. The van der Waals surface area contributed by atoms with Crippen LogP contribution < -0.4 is 0 Å². The van der Waals surface area contributed by atoms with Crippen LogP contribution in [0, 0.1) is 0 Å². The summed E-state index contributed by atoms with van der Waals surface area (Å²) in [6, 6.07) is -0.621. The zero-order chi connectivity index (χ0) is 7.98. The van der Waals surface area contributed by atoms with Crippen LogP contribution in [0.25, 0.3) is 10.4 Å². The molecule has 4 nitrogen and oxygen atoms in total. The van der Waals surface area contributed by atoms with Gasteiger partial charge >= 0.3 is 0 Å². The molecular weight excluding hydrogens is 177 g/mol. The summed E-state index contributed by atoms with van der Waals surface area (Å²) in [6.45, 7) is 0. The number of alkyl halides is 2. The number of aliphatic hydroxyl groups excluding tert-OH is 1. The molecule has 0 aliphatic rings. The molecule has 0 aromatic heterocycles. The first-order valence-corrected chi connectivity index (χ1v) is 3.67. The summed E-state index contributed by atoms with van der Waals surface area (Å²) in [6.07, 6.45) is -0.852. The van der Waals surface area contributed by atoms with E-state index in [0.29, 0.717) is 0 Å². The monoisotopic (exact) mass is 183 g/mol. The van der Waals surface area contributed by atoms with Crippen molar-refractivity contribution < 1.29 is 5.11 Å². The van der Waals surface area contributed by atoms with Crippen LogP contribution in [0.15, 0.2) is 5.11 Å². The molecule has 0 saturated carbocycles. The zero-order valence-electron chi connectivity index (χ0n) is 5.11. The van der Waals surface area contributed by atoms with E-state index in [2.05, 4.69) is 10.0 Å². The molecule has 58 valence electrons. The molecule has 0 fully saturated rings. The fourth-order valence-electron chi connectivity index (χ4n) is 0.380. The molecule has 0 bridgehead atoms. The Balaban J connectivity index is 3.91. The van der Waals surface area contributed by atoms with E-state index in [1.54, 1.807) is 0 Å². The Kier molecular flexibility index (Phi) is 5.54. The van der Waals surface area contributed by atoms with E-state index in [9.17, 15) is 0 Å². The Hall–Kier alpha value is -0.150. The predicted octanol–water partition coefficient (Wildman–Crippen LogP) is 1.50. The highest BCUT2D eigenvalue weighted by atomic mass is 35.5. The predicted molar refractivity (Wildman–Crippen MR) is 40.4 cm³/mol. The van der Waals surface area contributed by atoms with Gasteiger partial charge in [-0.1, -0.05) is 5.11 Å². The summed E-state index contributed by atoms with van der Waals surface area (Å²) in [5.74, 6) is 0.106. The summed E-state index contributed by atoms with van der Waals surface area (Å²) >= 11 is 10.6. The summed E-state index contributed by atoms with van der Waals surface area (Å²) in [7, 11) is 0. The lowest BCUT2D eigenvalue weighted by atomic mass is 10.2. The number of aliphatic hydroxyl groups is 1. The van der Waals surface area contributed by atoms with Crippen molar-refractivity contribution in [2.75, 3.05) is 11.8 Å². The van der Waals surface area contributed by atoms with Crippen LogP contribution in [0.1, 0.15) is 0 Å². The van der Waals surface area contributed by atoms with Gasteiger partial charge in [0.2, 0.25) is 0 Å². The molecule has 2 atom stereocenters. The van der Waals surface area contributed by atoms with Crippen LogP contribution in [-0.2, 0) is 0 Å². The smallest absolute Gasteiger partial charge is 0.0780 e. The Bertz CT molecular complexity index is 136. The standard InChI is InChI=1S/C4H7Cl2N3O/c5-1-3(8-9-7)4(10)2-6/h3-4,10H,1-2H2/t3-,4+/m0/s1. The van der Waals surface area contributed by atoms with Crippen molar-refractivity contribution >= 4 is 23.2 Å².